The lowest BCUT2D eigenvalue weighted by molar-refractivity contribution is -0.120. The Hall–Kier alpha value is -3.22. The maximum absolute atomic E-state index is 12.3. The van der Waals surface area contributed by atoms with Crippen LogP contribution in [-0.4, -0.2) is 55.2 Å². The first-order valence-corrected chi connectivity index (χ1v) is 11.5. The highest BCUT2D eigenvalue weighted by atomic mass is 16.5. The zero-order valence-corrected chi connectivity index (χ0v) is 19.1. The summed E-state index contributed by atoms with van der Waals surface area (Å²) >= 11 is 0. The first kappa shape index (κ1) is 23.0. The predicted molar refractivity (Wildman–Crippen MR) is 129 cm³/mol. The molecule has 2 heterocycles. The van der Waals surface area contributed by atoms with Crippen LogP contribution in [0.3, 0.4) is 0 Å². The summed E-state index contributed by atoms with van der Waals surface area (Å²) in [7, 11) is 0. The van der Waals surface area contributed by atoms with E-state index in [2.05, 4.69) is 15.2 Å². The van der Waals surface area contributed by atoms with Gasteiger partial charge in [0.05, 0.1) is 19.6 Å². The average molecular weight is 446 g/mol. The Bertz CT molecular complexity index is 1010. The number of benzene rings is 2. The van der Waals surface area contributed by atoms with Gasteiger partial charge in [-0.3, -0.25) is 14.7 Å². The van der Waals surface area contributed by atoms with Crippen LogP contribution in [0, 0.1) is 6.92 Å². The normalized spacial score (nSPS) is 14.1. The summed E-state index contributed by atoms with van der Waals surface area (Å²) in [6.07, 6.45) is 2.08. The van der Waals surface area contributed by atoms with Gasteiger partial charge in [-0.25, -0.2) is 0 Å². The highest BCUT2D eigenvalue weighted by molar-refractivity contribution is 5.78. The van der Waals surface area contributed by atoms with Crippen molar-refractivity contribution in [2.24, 2.45) is 0 Å². The number of pyridine rings is 1. The van der Waals surface area contributed by atoms with E-state index < -0.39 is 0 Å². The zero-order valence-electron chi connectivity index (χ0n) is 19.1. The van der Waals surface area contributed by atoms with Crippen LogP contribution in [0.2, 0.25) is 0 Å². The van der Waals surface area contributed by atoms with Gasteiger partial charge in [-0.1, -0.05) is 48.0 Å². The van der Waals surface area contributed by atoms with E-state index in [9.17, 15) is 4.79 Å². The number of morpholine rings is 1. The quantitative estimate of drug-likeness (QED) is 0.545. The molecule has 1 amide bonds. The molecule has 0 atom stereocenters. The van der Waals surface area contributed by atoms with Crippen LogP contribution in [-0.2, 0) is 22.5 Å². The Labute approximate surface area is 195 Å². The number of amides is 1. The molecule has 3 aromatic rings. The van der Waals surface area contributed by atoms with E-state index >= 15 is 0 Å². The van der Waals surface area contributed by atoms with Crippen molar-refractivity contribution >= 4 is 5.91 Å². The smallest absolute Gasteiger partial charge is 0.226 e. The summed E-state index contributed by atoms with van der Waals surface area (Å²) in [6.45, 7) is 7.71. The summed E-state index contributed by atoms with van der Waals surface area (Å²) in [5, 5.41) is 2.95. The van der Waals surface area contributed by atoms with Gasteiger partial charge in [0.15, 0.2) is 0 Å². The fourth-order valence-electron chi connectivity index (χ4n) is 3.69. The van der Waals surface area contributed by atoms with Crippen LogP contribution in [0.25, 0.3) is 11.1 Å². The van der Waals surface area contributed by atoms with Crippen LogP contribution in [0.1, 0.15) is 16.8 Å². The molecule has 33 heavy (non-hydrogen) atoms. The third kappa shape index (κ3) is 7.14. The number of nitrogens with one attached hydrogen (secondary N) is 1. The third-order valence-corrected chi connectivity index (χ3v) is 5.74. The van der Waals surface area contributed by atoms with Crippen molar-refractivity contribution in [3.63, 3.8) is 0 Å². The molecular weight excluding hydrogens is 414 g/mol. The minimum absolute atomic E-state index is 0.0330. The van der Waals surface area contributed by atoms with Crippen LogP contribution in [0.15, 0.2) is 66.9 Å². The number of hydrogen-bond donors (Lipinski definition) is 1. The summed E-state index contributed by atoms with van der Waals surface area (Å²) in [4.78, 5) is 19.1. The highest BCUT2D eigenvalue weighted by Crippen LogP contribution is 2.22. The summed E-state index contributed by atoms with van der Waals surface area (Å²) in [5.41, 5.74) is 5.13. The zero-order chi connectivity index (χ0) is 22.9. The molecule has 172 valence electrons. The lowest BCUT2D eigenvalue weighted by Gasteiger charge is -2.26. The Balaban J connectivity index is 1.23. The molecule has 1 saturated heterocycles. The van der Waals surface area contributed by atoms with Crippen LogP contribution in [0.5, 0.6) is 5.75 Å². The minimum Gasteiger partial charge on any atom is -0.492 e. The molecule has 1 aliphatic rings. The van der Waals surface area contributed by atoms with Gasteiger partial charge in [0.2, 0.25) is 5.91 Å². The monoisotopic (exact) mass is 445 g/mol. The van der Waals surface area contributed by atoms with E-state index in [0.717, 1.165) is 61.0 Å². The molecule has 0 aliphatic carbocycles. The van der Waals surface area contributed by atoms with Crippen molar-refractivity contribution in [2.45, 2.75) is 19.9 Å². The Morgan fingerprint density at radius 3 is 2.42 bits per heavy atom. The SMILES string of the molecule is Cc1ccc(CNC(=O)Cc2ccc(-c3ccc(OCCN4CCOCC4)cc3)cn2)cc1. The van der Waals surface area contributed by atoms with Gasteiger partial charge in [-0.05, 0) is 36.2 Å². The average Bonchev–Trinajstić information content (AvgIpc) is 2.85. The molecule has 1 aliphatic heterocycles. The topological polar surface area (TPSA) is 63.7 Å². The molecule has 4 rings (SSSR count). The molecule has 2 aromatic carbocycles. The van der Waals surface area contributed by atoms with E-state index in [1.54, 1.807) is 0 Å². The standard InChI is InChI=1S/C27H31N3O3/c1-21-2-4-22(5-3-21)19-29-27(31)18-25-9-6-24(20-28-25)23-7-10-26(11-8-23)33-17-14-30-12-15-32-16-13-30/h2-11,20H,12-19H2,1H3,(H,29,31). The van der Waals surface area contributed by atoms with Gasteiger partial charge < -0.3 is 14.8 Å². The number of hydrogen-bond acceptors (Lipinski definition) is 5. The van der Waals surface area contributed by atoms with E-state index in [-0.39, 0.29) is 12.3 Å². The van der Waals surface area contributed by atoms with E-state index in [4.69, 9.17) is 9.47 Å². The van der Waals surface area contributed by atoms with Gasteiger partial charge in [-0.2, -0.15) is 0 Å². The van der Waals surface area contributed by atoms with Crippen molar-refractivity contribution in [3.8, 4) is 16.9 Å². The van der Waals surface area contributed by atoms with Crippen LogP contribution < -0.4 is 10.1 Å². The largest absolute Gasteiger partial charge is 0.492 e. The van der Waals surface area contributed by atoms with Crippen LogP contribution in [0.4, 0.5) is 0 Å². The number of nitrogens with zero attached hydrogens (tertiary/aromatic N) is 2. The molecule has 0 radical (unpaired) electrons. The third-order valence-electron chi connectivity index (χ3n) is 5.74. The number of aryl methyl sites for hydroxylation is 1. The van der Waals surface area contributed by atoms with E-state index in [1.165, 1.54) is 5.56 Å². The molecule has 1 aromatic heterocycles. The number of carbonyl (C=O) groups is 1. The van der Waals surface area contributed by atoms with Gasteiger partial charge in [0, 0.05) is 43.6 Å². The first-order chi connectivity index (χ1) is 16.2. The molecule has 0 unspecified atom stereocenters. The maximum Gasteiger partial charge on any atom is 0.226 e. The lowest BCUT2D eigenvalue weighted by Crippen LogP contribution is -2.38. The summed E-state index contributed by atoms with van der Waals surface area (Å²) < 4.78 is 11.2. The number of aromatic nitrogens is 1. The maximum atomic E-state index is 12.3. The lowest BCUT2D eigenvalue weighted by atomic mass is 10.1. The highest BCUT2D eigenvalue weighted by Gasteiger charge is 2.10. The summed E-state index contributed by atoms with van der Waals surface area (Å²) in [5.74, 6) is 0.830. The minimum atomic E-state index is -0.0330. The number of carbonyl (C=O) groups excluding carboxylic acids is 1. The second-order valence-electron chi connectivity index (χ2n) is 8.30. The van der Waals surface area contributed by atoms with Crippen molar-refractivity contribution in [3.05, 3.63) is 83.7 Å². The Morgan fingerprint density at radius 2 is 1.73 bits per heavy atom. The van der Waals surface area contributed by atoms with E-state index in [0.29, 0.717) is 13.2 Å². The second kappa shape index (κ2) is 11.6. The fourth-order valence-corrected chi connectivity index (χ4v) is 3.69. The van der Waals surface area contributed by atoms with Gasteiger partial charge in [0.1, 0.15) is 12.4 Å². The van der Waals surface area contributed by atoms with Crippen molar-refractivity contribution < 1.29 is 14.3 Å². The predicted octanol–water partition coefficient (Wildman–Crippen LogP) is 3.63. The molecule has 1 N–H and O–H groups in total. The fraction of sp³-hybridized carbons (Fsp3) is 0.333. The second-order valence-corrected chi connectivity index (χ2v) is 8.30. The van der Waals surface area contributed by atoms with Gasteiger partial charge in [-0.15, -0.1) is 0 Å². The van der Waals surface area contributed by atoms with Gasteiger partial charge >= 0.3 is 0 Å². The van der Waals surface area contributed by atoms with Crippen molar-refractivity contribution in [2.75, 3.05) is 39.5 Å². The first-order valence-electron chi connectivity index (χ1n) is 11.5. The van der Waals surface area contributed by atoms with Crippen molar-refractivity contribution in [1.29, 1.82) is 0 Å². The summed E-state index contributed by atoms with van der Waals surface area (Å²) in [6, 6.07) is 20.1. The molecule has 0 saturated carbocycles. The van der Waals surface area contributed by atoms with Crippen LogP contribution >= 0.6 is 0 Å². The molecule has 0 bridgehead atoms. The number of rotatable bonds is 9. The van der Waals surface area contributed by atoms with E-state index in [1.807, 2.05) is 73.8 Å². The Morgan fingerprint density at radius 1 is 1.00 bits per heavy atom. The molecular formula is C27H31N3O3. The number of ether oxygens (including phenoxy) is 2. The molecule has 6 nitrogen and oxygen atoms in total. The van der Waals surface area contributed by atoms with Crippen molar-refractivity contribution in [1.82, 2.24) is 15.2 Å². The molecule has 1 fully saturated rings. The van der Waals surface area contributed by atoms with Gasteiger partial charge in [0.25, 0.3) is 0 Å². The molecule has 0 spiro atoms. The molecule has 6 heteroatoms. The Kier molecular flexibility index (Phi) is 8.06.